The third-order valence-electron chi connectivity index (χ3n) is 5.12. The molecule has 0 unspecified atom stereocenters. The first-order chi connectivity index (χ1) is 13.9. The number of fused-ring (bicyclic) bond motifs is 2. The predicted molar refractivity (Wildman–Crippen MR) is 120 cm³/mol. The summed E-state index contributed by atoms with van der Waals surface area (Å²) in [5, 5.41) is 5.90. The molecule has 0 spiro atoms. The number of hydrogen-bond donors (Lipinski definition) is 2. The van der Waals surface area contributed by atoms with E-state index >= 15 is 0 Å². The fourth-order valence-electron chi connectivity index (χ4n) is 3.78. The Hall–Kier alpha value is -3.12. The number of pyridine rings is 1. The minimum atomic E-state index is -3.31. The molecule has 4 aromatic rings. The molecule has 1 heterocycles. The summed E-state index contributed by atoms with van der Waals surface area (Å²) in [5.74, 6) is 0. The number of aromatic nitrogens is 1. The third kappa shape index (κ3) is 3.76. The van der Waals surface area contributed by atoms with Crippen LogP contribution >= 0.6 is 0 Å². The zero-order valence-corrected chi connectivity index (χ0v) is 17.5. The molecule has 3 aromatic carbocycles. The zero-order valence-electron chi connectivity index (χ0n) is 16.7. The number of rotatable bonds is 5. The van der Waals surface area contributed by atoms with Crippen LogP contribution in [-0.4, -0.2) is 14.7 Å². The molecule has 148 valence electrons. The fourth-order valence-corrected chi connectivity index (χ4v) is 4.34. The lowest BCUT2D eigenvalue weighted by Crippen LogP contribution is -2.30. The van der Waals surface area contributed by atoms with E-state index in [1.807, 2.05) is 36.4 Å². The van der Waals surface area contributed by atoms with Crippen LogP contribution in [0.5, 0.6) is 0 Å². The van der Waals surface area contributed by atoms with E-state index in [9.17, 15) is 8.42 Å². The van der Waals surface area contributed by atoms with Gasteiger partial charge in [-0.1, -0.05) is 31.2 Å². The number of nitrogens with one attached hydrogen (secondary N) is 2. The van der Waals surface area contributed by atoms with Crippen molar-refractivity contribution in [2.75, 3.05) is 16.3 Å². The van der Waals surface area contributed by atoms with E-state index in [0.717, 1.165) is 51.4 Å². The minimum Gasteiger partial charge on any atom is -0.354 e. The molecule has 0 bridgehead atoms. The van der Waals surface area contributed by atoms with Gasteiger partial charge in [-0.15, -0.1) is 0 Å². The first-order valence-electron chi connectivity index (χ1n) is 9.54. The van der Waals surface area contributed by atoms with Crippen molar-refractivity contribution >= 4 is 48.9 Å². The maximum atomic E-state index is 11.6. The lowest BCUT2D eigenvalue weighted by atomic mass is 10.0. The summed E-state index contributed by atoms with van der Waals surface area (Å²) in [5.41, 5.74) is 5.91. The van der Waals surface area contributed by atoms with Gasteiger partial charge in [0.05, 0.1) is 22.7 Å². The Labute approximate surface area is 171 Å². The Morgan fingerprint density at radius 3 is 2.03 bits per heavy atom. The van der Waals surface area contributed by atoms with Gasteiger partial charge in [-0.25, -0.2) is 8.42 Å². The van der Waals surface area contributed by atoms with Crippen molar-refractivity contribution in [3.8, 4) is 0 Å². The average molecular weight is 407 g/mol. The number of anilines is 3. The quantitative estimate of drug-likeness (QED) is 0.379. The molecular formula is C23H24N3O2S+. The fraction of sp³-hybridized carbons (Fsp3) is 0.174. The molecule has 0 aliphatic heterocycles. The molecule has 0 saturated carbocycles. The Morgan fingerprint density at radius 2 is 1.48 bits per heavy atom. The molecule has 2 N–H and O–H groups in total. The summed E-state index contributed by atoms with van der Waals surface area (Å²) in [7, 11) is -1.23. The predicted octanol–water partition coefficient (Wildman–Crippen LogP) is 4.50. The van der Waals surface area contributed by atoms with Gasteiger partial charge in [-0.2, -0.15) is 4.57 Å². The van der Waals surface area contributed by atoms with Crippen LogP contribution in [0.1, 0.15) is 12.5 Å². The van der Waals surface area contributed by atoms with Crippen LogP contribution in [0, 0.1) is 0 Å². The van der Waals surface area contributed by atoms with Crippen LogP contribution in [-0.2, 0) is 23.5 Å². The average Bonchev–Trinajstić information content (AvgIpc) is 2.70. The van der Waals surface area contributed by atoms with Gasteiger partial charge in [0.25, 0.3) is 0 Å². The Kier molecular flexibility index (Phi) is 4.88. The van der Waals surface area contributed by atoms with Crippen LogP contribution in [0.15, 0.2) is 66.7 Å². The van der Waals surface area contributed by atoms with Gasteiger partial charge in [0.15, 0.2) is 0 Å². The van der Waals surface area contributed by atoms with Crippen molar-refractivity contribution in [2.45, 2.75) is 13.3 Å². The normalized spacial score (nSPS) is 11.7. The SMILES string of the molecule is CCc1cc(NS(C)(=O)=O)ccc1Nc1c2ccccc2[n+](C)c2ccccc12. The summed E-state index contributed by atoms with van der Waals surface area (Å²) in [6.07, 6.45) is 1.94. The highest BCUT2D eigenvalue weighted by atomic mass is 32.2. The van der Waals surface area contributed by atoms with Gasteiger partial charge in [0.1, 0.15) is 7.05 Å². The van der Waals surface area contributed by atoms with Gasteiger partial charge >= 0.3 is 0 Å². The molecule has 0 amide bonds. The molecular weight excluding hydrogens is 382 g/mol. The van der Waals surface area contributed by atoms with Crippen molar-refractivity contribution in [1.29, 1.82) is 0 Å². The standard InChI is InChI=1S/C23H23N3O2S/c1-4-16-15-17(25-29(3,27)28)13-14-20(16)24-23-18-9-5-7-11-21(18)26(2)22-12-8-6-10-19(22)23/h5-15,25H,4H2,1-3H3/p+1. The van der Waals surface area contributed by atoms with Crippen molar-refractivity contribution in [3.63, 3.8) is 0 Å². The number of nitrogens with zero attached hydrogens (tertiary/aromatic N) is 1. The molecule has 0 atom stereocenters. The summed E-state index contributed by atoms with van der Waals surface area (Å²) < 4.78 is 27.9. The van der Waals surface area contributed by atoms with E-state index in [-0.39, 0.29) is 0 Å². The van der Waals surface area contributed by atoms with Crippen molar-refractivity contribution < 1.29 is 13.0 Å². The zero-order chi connectivity index (χ0) is 20.6. The Bertz CT molecular complexity index is 1270. The molecule has 0 radical (unpaired) electrons. The first-order valence-corrected chi connectivity index (χ1v) is 11.4. The second-order valence-corrected chi connectivity index (χ2v) is 8.94. The number of aryl methyl sites for hydroxylation is 2. The lowest BCUT2D eigenvalue weighted by molar-refractivity contribution is -0.617. The van der Waals surface area contributed by atoms with E-state index in [1.54, 1.807) is 6.07 Å². The highest BCUT2D eigenvalue weighted by Gasteiger charge is 2.18. The van der Waals surface area contributed by atoms with E-state index in [0.29, 0.717) is 5.69 Å². The molecule has 5 nitrogen and oxygen atoms in total. The largest absolute Gasteiger partial charge is 0.354 e. The molecule has 0 aliphatic carbocycles. The van der Waals surface area contributed by atoms with Crippen molar-refractivity contribution in [1.82, 2.24) is 0 Å². The summed E-state index contributed by atoms with van der Waals surface area (Å²) in [6.45, 7) is 2.06. The minimum absolute atomic E-state index is 0.573. The molecule has 1 aromatic heterocycles. The maximum absolute atomic E-state index is 11.6. The lowest BCUT2D eigenvalue weighted by Gasteiger charge is -2.16. The second kappa shape index (κ2) is 7.37. The molecule has 0 saturated heterocycles. The number of sulfonamides is 1. The molecule has 29 heavy (non-hydrogen) atoms. The van der Waals surface area contributed by atoms with Gasteiger partial charge in [0.2, 0.25) is 21.1 Å². The summed E-state index contributed by atoms with van der Waals surface area (Å²) in [6, 6.07) is 22.3. The third-order valence-corrected chi connectivity index (χ3v) is 5.73. The van der Waals surface area contributed by atoms with E-state index < -0.39 is 10.0 Å². The highest BCUT2D eigenvalue weighted by molar-refractivity contribution is 7.92. The van der Waals surface area contributed by atoms with Crippen LogP contribution in [0.3, 0.4) is 0 Å². The molecule has 0 aliphatic rings. The van der Waals surface area contributed by atoms with Crippen molar-refractivity contribution in [3.05, 3.63) is 72.3 Å². The van der Waals surface area contributed by atoms with Crippen LogP contribution < -0.4 is 14.6 Å². The van der Waals surface area contributed by atoms with Crippen LogP contribution in [0.25, 0.3) is 21.8 Å². The Morgan fingerprint density at radius 1 is 0.897 bits per heavy atom. The monoisotopic (exact) mass is 406 g/mol. The highest BCUT2D eigenvalue weighted by Crippen LogP contribution is 2.34. The molecule has 4 rings (SSSR count). The summed E-state index contributed by atoms with van der Waals surface area (Å²) >= 11 is 0. The van der Waals surface area contributed by atoms with Gasteiger partial charge in [-0.3, -0.25) is 4.72 Å². The molecule has 0 fully saturated rings. The smallest absolute Gasteiger partial charge is 0.229 e. The van der Waals surface area contributed by atoms with Crippen molar-refractivity contribution in [2.24, 2.45) is 7.05 Å². The van der Waals surface area contributed by atoms with Gasteiger partial charge in [0, 0.05) is 23.5 Å². The Balaban J connectivity index is 1.89. The topological polar surface area (TPSA) is 62.1 Å². The van der Waals surface area contributed by atoms with Crippen LogP contribution in [0.2, 0.25) is 0 Å². The second-order valence-electron chi connectivity index (χ2n) is 7.19. The number of para-hydroxylation sites is 2. The summed E-state index contributed by atoms with van der Waals surface area (Å²) in [4.78, 5) is 0. The van der Waals surface area contributed by atoms with E-state index in [2.05, 4.69) is 52.8 Å². The van der Waals surface area contributed by atoms with Gasteiger partial charge in [-0.05, 0) is 42.3 Å². The van der Waals surface area contributed by atoms with Crippen LogP contribution in [0.4, 0.5) is 17.1 Å². The first kappa shape index (κ1) is 19.2. The number of benzene rings is 3. The maximum Gasteiger partial charge on any atom is 0.229 e. The van der Waals surface area contributed by atoms with E-state index in [4.69, 9.17) is 0 Å². The number of hydrogen-bond acceptors (Lipinski definition) is 3. The molecule has 6 heteroatoms. The van der Waals surface area contributed by atoms with E-state index in [1.165, 1.54) is 0 Å². The van der Waals surface area contributed by atoms with Gasteiger partial charge < -0.3 is 5.32 Å².